The second-order valence-corrected chi connectivity index (χ2v) is 7.47. The van der Waals surface area contributed by atoms with Crippen LogP contribution >= 0.6 is 0 Å². The quantitative estimate of drug-likeness (QED) is 0.708. The molecule has 2 rings (SSSR count). The number of rotatable bonds is 5. The summed E-state index contributed by atoms with van der Waals surface area (Å²) in [5.74, 6) is -0.773. The molecule has 0 saturated carbocycles. The number of amides is 2. The van der Waals surface area contributed by atoms with Crippen LogP contribution in [-0.2, 0) is 9.47 Å². The number of esters is 1. The van der Waals surface area contributed by atoms with Gasteiger partial charge in [-0.1, -0.05) is 0 Å². The van der Waals surface area contributed by atoms with Crippen LogP contribution < -0.4 is 10.6 Å². The third-order valence-corrected chi connectivity index (χ3v) is 3.64. The molecule has 0 heterocycles. The Labute approximate surface area is 170 Å². The highest BCUT2D eigenvalue weighted by Crippen LogP contribution is 2.20. The van der Waals surface area contributed by atoms with E-state index in [2.05, 4.69) is 10.6 Å². The average molecular weight is 398 g/mol. The van der Waals surface area contributed by atoms with Gasteiger partial charge in [0.15, 0.2) is 0 Å². The zero-order valence-corrected chi connectivity index (χ0v) is 17.3. The molecular weight excluding hydrogens is 372 g/mol. The Balaban J connectivity index is 2.09. The van der Waals surface area contributed by atoms with Crippen LogP contribution in [0.4, 0.5) is 16.2 Å². The summed E-state index contributed by atoms with van der Waals surface area (Å²) < 4.78 is 10.2. The fourth-order valence-corrected chi connectivity index (χ4v) is 2.52. The van der Waals surface area contributed by atoms with E-state index in [1.165, 1.54) is 0 Å². The Hall–Kier alpha value is -3.35. The Morgan fingerprint density at radius 1 is 0.897 bits per heavy atom. The molecular formula is C22H26N2O5. The van der Waals surface area contributed by atoms with Gasteiger partial charge >= 0.3 is 12.1 Å². The highest BCUT2D eigenvalue weighted by Gasteiger charge is 2.17. The fraction of sp³-hybridized carbons (Fsp3) is 0.318. The molecule has 7 nitrogen and oxygen atoms in total. The van der Waals surface area contributed by atoms with Gasteiger partial charge in [-0.15, -0.1) is 0 Å². The molecule has 0 saturated heterocycles. The molecule has 0 spiro atoms. The number of carbonyl (C=O) groups excluding carboxylic acids is 3. The van der Waals surface area contributed by atoms with Crippen LogP contribution in [0.3, 0.4) is 0 Å². The van der Waals surface area contributed by atoms with Crippen LogP contribution in [0.1, 0.15) is 54.0 Å². The summed E-state index contributed by atoms with van der Waals surface area (Å²) in [6, 6.07) is 11.4. The molecule has 0 fully saturated rings. The van der Waals surface area contributed by atoms with Crippen molar-refractivity contribution in [2.24, 2.45) is 0 Å². The molecule has 2 aromatic rings. The van der Waals surface area contributed by atoms with Gasteiger partial charge in [0, 0.05) is 16.9 Å². The lowest BCUT2D eigenvalue weighted by Crippen LogP contribution is -2.27. The van der Waals surface area contributed by atoms with Crippen molar-refractivity contribution in [2.75, 3.05) is 17.2 Å². The largest absolute Gasteiger partial charge is 0.462 e. The zero-order chi connectivity index (χ0) is 21.6. The van der Waals surface area contributed by atoms with E-state index in [9.17, 15) is 14.4 Å². The minimum atomic E-state index is -0.610. The van der Waals surface area contributed by atoms with Crippen molar-refractivity contribution in [3.8, 4) is 0 Å². The number of ether oxygens (including phenoxy) is 2. The van der Waals surface area contributed by atoms with E-state index in [4.69, 9.17) is 9.47 Å². The topological polar surface area (TPSA) is 93.7 Å². The molecule has 7 heteroatoms. The lowest BCUT2D eigenvalue weighted by Gasteiger charge is -2.20. The minimum Gasteiger partial charge on any atom is -0.462 e. The molecule has 0 bridgehead atoms. The summed E-state index contributed by atoms with van der Waals surface area (Å²) in [6.45, 7) is 9.21. The SMILES string of the molecule is CCOC(=O)c1ccc(C(=O)Nc2cc(C)cc(NC(=O)OC(C)(C)C)c2)cc1. The Kier molecular flexibility index (Phi) is 6.98. The highest BCUT2D eigenvalue weighted by molar-refractivity contribution is 6.05. The Morgan fingerprint density at radius 2 is 1.45 bits per heavy atom. The number of benzene rings is 2. The number of anilines is 2. The number of carbonyl (C=O) groups is 3. The first-order valence-electron chi connectivity index (χ1n) is 9.27. The van der Waals surface area contributed by atoms with Crippen molar-refractivity contribution in [3.05, 3.63) is 59.2 Å². The van der Waals surface area contributed by atoms with Crippen molar-refractivity contribution in [3.63, 3.8) is 0 Å². The van der Waals surface area contributed by atoms with Gasteiger partial charge in [0.2, 0.25) is 0 Å². The fourth-order valence-electron chi connectivity index (χ4n) is 2.52. The second kappa shape index (κ2) is 9.23. The van der Waals surface area contributed by atoms with Crippen molar-refractivity contribution in [1.29, 1.82) is 0 Å². The van der Waals surface area contributed by atoms with Gasteiger partial charge in [-0.2, -0.15) is 0 Å². The van der Waals surface area contributed by atoms with Crippen LogP contribution in [0.15, 0.2) is 42.5 Å². The molecule has 2 N–H and O–H groups in total. The van der Waals surface area contributed by atoms with Crippen molar-refractivity contribution >= 4 is 29.3 Å². The van der Waals surface area contributed by atoms with Gasteiger partial charge in [0.25, 0.3) is 5.91 Å². The maximum atomic E-state index is 12.5. The predicted molar refractivity (Wildman–Crippen MR) is 111 cm³/mol. The maximum Gasteiger partial charge on any atom is 0.412 e. The second-order valence-electron chi connectivity index (χ2n) is 7.47. The molecule has 0 atom stereocenters. The molecule has 29 heavy (non-hydrogen) atoms. The summed E-state index contributed by atoms with van der Waals surface area (Å²) >= 11 is 0. The monoisotopic (exact) mass is 398 g/mol. The molecule has 154 valence electrons. The lowest BCUT2D eigenvalue weighted by molar-refractivity contribution is 0.0525. The summed E-state index contributed by atoms with van der Waals surface area (Å²) in [4.78, 5) is 36.2. The van der Waals surface area contributed by atoms with E-state index in [1.54, 1.807) is 70.2 Å². The molecule has 0 aliphatic rings. The molecule has 0 aliphatic carbocycles. The van der Waals surface area contributed by atoms with E-state index in [0.717, 1.165) is 5.56 Å². The molecule has 0 aliphatic heterocycles. The zero-order valence-electron chi connectivity index (χ0n) is 17.3. The van der Waals surface area contributed by atoms with E-state index in [1.807, 2.05) is 6.92 Å². The summed E-state index contributed by atoms with van der Waals surface area (Å²) in [7, 11) is 0. The normalized spacial score (nSPS) is 10.8. The number of nitrogens with one attached hydrogen (secondary N) is 2. The molecule has 2 amide bonds. The summed E-state index contributed by atoms with van der Waals surface area (Å²) in [6.07, 6.45) is -0.574. The highest BCUT2D eigenvalue weighted by atomic mass is 16.6. The Bertz CT molecular complexity index is 898. The smallest absolute Gasteiger partial charge is 0.412 e. The number of hydrogen-bond donors (Lipinski definition) is 2. The van der Waals surface area contributed by atoms with Crippen LogP contribution in [0.2, 0.25) is 0 Å². The first kappa shape index (κ1) is 21.9. The third-order valence-electron chi connectivity index (χ3n) is 3.64. The molecule has 0 aromatic heterocycles. The summed E-state index contributed by atoms with van der Waals surface area (Å²) in [5, 5.41) is 5.45. The summed E-state index contributed by atoms with van der Waals surface area (Å²) in [5.41, 5.74) is 2.04. The van der Waals surface area contributed by atoms with Gasteiger partial charge in [-0.05, 0) is 82.6 Å². The van der Waals surface area contributed by atoms with Crippen LogP contribution in [0.25, 0.3) is 0 Å². The molecule has 0 radical (unpaired) electrons. The van der Waals surface area contributed by atoms with Crippen LogP contribution in [0.5, 0.6) is 0 Å². The minimum absolute atomic E-state index is 0.286. The average Bonchev–Trinajstić information content (AvgIpc) is 2.59. The van der Waals surface area contributed by atoms with E-state index in [-0.39, 0.29) is 12.5 Å². The van der Waals surface area contributed by atoms with E-state index < -0.39 is 17.7 Å². The van der Waals surface area contributed by atoms with Crippen molar-refractivity contribution < 1.29 is 23.9 Å². The van der Waals surface area contributed by atoms with Gasteiger partial charge in [0.1, 0.15) is 5.60 Å². The van der Waals surface area contributed by atoms with E-state index in [0.29, 0.717) is 22.5 Å². The van der Waals surface area contributed by atoms with Crippen molar-refractivity contribution in [2.45, 2.75) is 40.2 Å². The molecule has 2 aromatic carbocycles. The first-order valence-corrected chi connectivity index (χ1v) is 9.27. The number of aryl methyl sites for hydroxylation is 1. The van der Waals surface area contributed by atoms with Gasteiger partial charge in [0.05, 0.1) is 12.2 Å². The third kappa shape index (κ3) is 6.95. The van der Waals surface area contributed by atoms with Crippen LogP contribution in [-0.4, -0.2) is 30.2 Å². The van der Waals surface area contributed by atoms with Gasteiger partial charge < -0.3 is 14.8 Å². The Morgan fingerprint density at radius 3 is 2.00 bits per heavy atom. The van der Waals surface area contributed by atoms with Crippen molar-refractivity contribution in [1.82, 2.24) is 0 Å². The van der Waals surface area contributed by atoms with Gasteiger partial charge in [-0.25, -0.2) is 9.59 Å². The predicted octanol–water partition coefficient (Wildman–Crippen LogP) is 4.77. The van der Waals surface area contributed by atoms with Gasteiger partial charge in [-0.3, -0.25) is 10.1 Å². The maximum absolute atomic E-state index is 12.5. The van der Waals surface area contributed by atoms with E-state index >= 15 is 0 Å². The standard InChI is InChI=1S/C22H26N2O5/c1-6-28-20(26)16-9-7-15(8-10-16)19(25)23-17-11-14(2)12-18(13-17)24-21(27)29-22(3,4)5/h7-13H,6H2,1-5H3,(H,23,25)(H,24,27). The lowest BCUT2D eigenvalue weighted by atomic mass is 10.1. The number of hydrogen-bond acceptors (Lipinski definition) is 5. The molecule has 0 unspecified atom stereocenters. The first-order chi connectivity index (χ1) is 13.6. The van der Waals surface area contributed by atoms with Crippen LogP contribution in [0, 0.1) is 6.92 Å².